The molecule has 2 unspecified atom stereocenters. The number of alkyl carbamates (subject to hydrolysis) is 2. The van der Waals surface area contributed by atoms with Crippen LogP contribution in [0.25, 0.3) is 64.5 Å². The maximum absolute atomic E-state index is 13.1. The van der Waals surface area contributed by atoms with Crippen molar-refractivity contribution in [1.82, 2.24) is 41.9 Å². The summed E-state index contributed by atoms with van der Waals surface area (Å²) in [5.41, 5.74) is 30.6. The lowest BCUT2D eigenvalue weighted by atomic mass is 9.94. The van der Waals surface area contributed by atoms with Crippen molar-refractivity contribution in [2.45, 2.75) is 102 Å². The van der Waals surface area contributed by atoms with Crippen molar-refractivity contribution in [3.63, 3.8) is 0 Å². The number of azide groups is 2. The molecule has 0 saturated carbocycles. The molecule has 14 N–H and O–H groups in total. The summed E-state index contributed by atoms with van der Waals surface area (Å²) >= 11 is 0. The molecular formula is C81H93N15O14. The molecular weight excluding hydrogens is 1410 g/mol. The van der Waals surface area contributed by atoms with E-state index < -0.39 is 66.3 Å². The van der Waals surface area contributed by atoms with Gasteiger partial charge in [-0.3, -0.25) is 9.59 Å². The monoisotopic (exact) mass is 1500 g/mol. The molecule has 29 heteroatoms. The number of nitrogens with one attached hydrogen (secondary N) is 8. The number of carbonyl (C=O) groups excluding carboxylic acids is 4. The fraction of sp³-hybridized carbons (Fsp3) is 0.284. The Morgan fingerprint density at radius 1 is 0.555 bits per heavy atom. The molecule has 5 atom stereocenters. The third-order valence-electron chi connectivity index (χ3n) is 17.2. The lowest BCUT2D eigenvalue weighted by molar-refractivity contribution is -0.142. The molecule has 110 heavy (non-hydrogen) atoms. The molecule has 4 amide bonds. The average Bonchev–Trinajstić information content (AvgIpc) is 1.63. The number of aromatic carboxylic acids is 1. The Morgan fingerprint density at radius 2 is 1.01 bits per heavy atom. The predicted octanol–water partition coefficient (Wildman–Crippen LogP) is 13.7. The van der Waals surface area contributed by atoms with Crippen LogP contribution in [-0.2, 0) is 41.4 Å². The number of carboxylic acid groups (broad SMARTS) is 2. The Kier molecular flexibility index (Phi) is 32.6. The lowest BCUT2D eigenvalue weighted by Crippen LogP contribution is -2.55. The molecule has 0 bridgehead atoms. The van der Waals surface area contributed by atoms with Gasteiger partial charge < -0.3 is 87.0 Å². The summed E-state index contributed by atoms with van der Waals surface area (Å²) in [6.45, 7) is 17.8. The topological polar surface area (TPSA) is 448 Å². The Morgan fingerprint density at radius 3 is 1.47 bits per heavy atom. The average molecular weight is 1500 g/mol. The van der Waals surface area contributed by atoms with Gasteiger partial charge in [0, 0.05) is 96.6 Å². The molecule has 0 aliphatic carbocycles. The number of fused-ring (bicyclic) bond motifs is 6. The van der Waals surface area contributed by atoms with Crippen LogP contribution in [0.5, 0.6) is 11.5 Å². The van der Waals surface area contributed by atoms with Crippen molar-refractivity contribution < 1.29 is 68.1 Å². The summed E-state index contributed by atoms with van der Waals surface area (Å²) in [6.07, 6.45) is 1.06. The van der Waals surface area contributed by atoms with E-state index in [1.165, 1.54) is 31.2 Å². The Balaban J connectivity index is 0.000000216. The second kappa shape index (κ2) is 42.5. The van der Waals surface area contributed by atoms with Crippen LogP contribution in [0.3, 0.4) is 0 Å². The van der Waals surface area contributed by atoms with Gasteiger partial charge >= 0.3 is 24.1 Å². The quantitative estimate of drug-likeness (QED) is 0.00445. The van der Waals surface area contributed by atoms with Gasteiger partial charge in [0.2, 0.25) is 11.8 Å². The van der Waals surface area contributed by atoms with Gasteiger partial charge in [0.1, 0.15) is 68.3 Å². The smallest absolute Gasteiger partial charge is 0.408 e. The number of aromatic amines is 2. The van der Waals surface area contributed by atoms with Gasteiger partial charge in [0.05, 0.1) is 16.6 Å². The highest BCUT2D eigenvalue weighted by Crippen LogP contribution is 2.35. The minimum absolute atomic E-state index is 0.0365. The molecule has 0 aliphatic heterocycles. The van der Waals surface area contributed by atoms with Gasteiger partial charge in [0.15, 0.2) is 0 Å². The van der Waals surface area contributed by atoms with Crippen LogP contribution in [0.1, 0.15) is 80.9 Å². The van der Waals surface area contributed by atoms with E-state index in [1.807, 2.05) is 125 Å². The molecule has 10 rings (SSSR count). The first-order valence-electron chi connectivity index (χ1n) is 35.3. The van der Waals surface area contributed by atoms with Gasteiger partial charge in [-0.15, -0.1) is 0 Å². The number of aliphatic hydroxyl groups is 2. The van der Waals surface area contributed by atoms with E-state index in [4.69, 9.17) is 40.8 Å². The van der Waals surface area contributed by atoms with Gasteiger partial charge in [0.25, 0.3) is 0 Å². The summed E-state index contributed by atoms with van der Waals surface area (Å²) in [5.74, 6) is -2.01. The standard InChI is InChI=1S/C26H36N4O8.2C24H25N5O2.C7H7NO2/c1-4-15-37-25(35)27-14-10-9-13-20(24(33)34)29-23(32)21(17-19-11-7-6-8-12-19)30-22(31)18(3)28-26(36)38-16-5-2;2*1-24(2,16-10-12-17(13-11-16)28-29-25)26-14-18(30)15-31-22-9-5-8-21-23(22)19-6-3-4-7-20(19)27-21;8-6-3-1-5(2-4-6)7(9)10/h4-8,11-12,18,20-21H,1-2,9-10,13-17H2,3H3,(H,27,35)(H,28,36)(H,29,32)(H,30,31)(H,33,34);2*3-13,18,26-27,30H,14-15H2,1-2H3;1-4H,8H2,(H,9,10)/t18-,20+,21+;;;/m1.../s1. The summed E-state index contributed by atoms with van der Waals surface area (Å²) in [4.78, 5) is 83.4. The van der Waals surface area contributed by atoms with Crippen LogP contribution in [-0.4, -0.2) is 143 Å². The van der Waals surface area contributed by atoms with E-state index in [0.29, 0.717) is 43.0 Å². The van der Waals surface area contributed by atoms with Gasteiger partial charge in [-0.05, 0) is 142 Å². The predicted molar refractivity (Wildman–Crippen MR) is 424 cm³/mol. The Labute approximate surface area is 635 Å². The van der Waals surface area contributed by atoms with Crippen molar-refractivity contribution in [2.75, 3.05) is 51.8 Å². The van der Waals surface area contributed by atoms with Crippen LogP contribution in [0, 0.1) is 0 Å². The largest absolute Gasteiger partial charge is 0.490 e. The zero-order valence-corrected chi connectivity index (χ0v) is 61.8. The molecule has 2 heterocycles. The third kappa shape index (κ3) is 26.3. The lowest BCUT2D eigenvalue weighted by Gasteiger charge is -2.28. The molecule has 8 aromatic carbocycles. The van der Waals surface area contributed by atoms with Crippen molar-refractivity contribution in [3.05, 3.63) is 257 Å². The van der Waals surface area contributed by atoms with Gasteiger partial charge in [-0.1, -0.05) is 163 Å². The molecule has 2 aromatic heterocycles. The minimum atomic E-state index is -1.23. The number of hydrogen-bond donors (Lipinski definition) is 13. The summed E-state index contributed by atoms with van der Waals surface area (Å²) < 4.78 is 21.6. The van der Waals surface area contributed by atoms with Crippen LogP contribution < -0.4 is 47.1 Å². The van der Waals surface area contributed by atoms with Crippen molar-refractivity contribution in [2.24, 2.45) is 10.2 Å². The highest BCUT2D eigenvalue weighted by atomic mass is 16.6. The Hall–Kier alpha value is -12.9. The number of unbranched alkanes of at least 4 members (excludes halogenated alkanes) is 1. The fourth-order valence-electron chi connectivity index (χ4n) is 11.2. The van der Waals surface area contributed by atoms with Crippen LogP contribution in [0.4, 0.5) is 26.7 Å². The number of nitrogen functional groups attached to an aromatic ring is 1. The molecule has 576 valence electrons. The van der Waals surface area contributed by atoms with E-state index in [1.54, 1.807) is 66.7 Å². The van der Waals surface area contributed by atoms with E-state index >= 15 is 0 Å². The minimum Gasteiger partial charge on any atom is -0.490 e. The van der Waals surface area contributed by atoms with Gasteiger partial charge in [-0.2, -0.15) is 0 Å². The van der Waals surface area contributed by atoms with Gasteiger partial charge in [-0.25, -0.2) is 19.2 Å². The highest BCUT2D eigenvalue weighted by molar-refractivity contribution is 6.11. The number of ether oxygens (including phenoxy) is 4. The van der Waals surface area contributed by atoms with E-state index in [9.17, 15) is 44.1 Å². The third-order valence-corrected chi connectivity index (χ3v) is 17.2. The zero-order valence-electron chi connectivity index (χ0n) is 61.8. The SMILES string of the molecule is C=CCOC(=O)NCCCC[C@H](NC(=O)[C@H](Cc1ccccc1)NC(=O)[C@@H](C)NC(=O)OCC=C)C(=O)O.CC(C)(NCC(O)COc1cccc2[nH]c3ccccc3c12)c1ccc(N=[N+]=[N-])cc1.CC(C)(NCC(O)COc1cccc2[nH]c3ccccc3c12)c1ccc(N=[N+]=[N-])cc1.Nc1ccc(C(=O)O)cc1. The van der Waals surface area contributed by atoms with E-state index in [2.05, 4.69) is 87.2 Å². The van der Waals surface area contributed by atoms with E-state index in [-0.39, 0.29) is 62.5 Å². The molecule has 0 radical (unpaired) electrons. The molecule has 0 saturated heterocycles. The van der Waals surface area contributed by atoms with E-state index in [0.717, 1.165) is 71.8 Å². The molecule has 0 fully saturated rings. The molecule has 10 aromatic rings. The zero-order chi connectivity index (χ0) is 79.6. The first-order chi connectivity index (χ1) is 52.8. The van der Waals surface area contributed by atoms with Crippen molar-refractivity contribution in [3.8, 4) is 11.5 Å². The number of aliphatic carboxylic acids is 1. The number of hydrogen-bond acceptors (Lipinski definition) is 17. The number of rotatable bonds is 34. The number of nitrogens with two attached hydrogens (primary N) is 1. The normalized spacial score (nSPS) is 12.3. The number of carboxylic acids is 2. The first kappa shape index (κ1) is 84.4. The fourth-order valence-corrected chi connectivity index (χ4v) is 11.2. The van der Waals surface area contributed by atoms with Crippen LogP contribution in [0.15, 0.2) is 224 Å². The number of aromatic nitrogens is 2. The highest BCUT2D eigenvalue weighted by Gasteiger charge is 2.30. The second-order valence-corrected chi connectivity index (χ2v) is 26.3. The summed E-state index contributed by atoms with van der Waals surface area (Å²) in [7, 11) is 0. The summed E-state index contributed by atoms with van der Waals surface area (Å²) in [6, 6.07) is 54.4. The first-order valence-corrected chi connectivity index (χ1v) is 35.3. The number of amides is 4. The maximum atomic E-state index is 13.1. The van der Waals surface area contributed by atoms with Crippen LogP contribution >= 0.6 is 0 Å². The second-order valence-electron chi connectivity index (χ2n) is 26.3. The number of H-pyrrole nitrogens is 2. The Bertz CT molecular complexity index is 4610. The summed E-state index contributed by atoms with van der Waals surface area (Å²) in [5, 5.41) is 67.2. The maximum Gasteiger partial charge on any atom is 0.408 e. The molecule has 0 aliphatic rings. The number of nitrogens with zero attached hydrogens (tertiary/aromatic N) is 6. The molecule has 29 nitrogen and oxygen atoms in total. The van der Waals surface area contributed by atoms with Crippen LogP contribution in [0.2, 0.25) is 0 Å². The molecule has 0 spiro atoms. The number of aliphatic hydroxyl groups excluding tert-OH is 2. The number of carbonyl (C=O) groups is 6. The number of para-hydroxylation sites is 2. The number of anilines is 1. The number of benzene rings is 8. The van der Waals surface area contributed by atoms with Crippen molar-refractivity contribution >= 4 is 96.6 Å². The van der Waals surface area contributed by atoms with Crippen molar-refractivity contribution in [1.29, 1.82) is 0 Å².